The smallest absolute Gasteiger partial charge is 0.119 e. The van der Waals surface area contributed by atoms with E-state index in [1.165, 1.54) is 0 Å². The summed E-state index contributed by atoms with van der Waals surface area (Å²) < 4.78 is 0. The molecule has 0 fully saturated rings. The molecule has 10 heavy (non-hydrogen) atoms. The van der Waals surface area contributed by atoms with Crippen LogP contribution in [0.2, 0.25) is 0 Å². The van der Waals surface area contributed by atoms with Crippen molar-refractivity contribution >= 4 is 6.29 Å². The summed E-state index contributed by atoms with van der Waals surface area (Å²) >= 11 is 0. The van der Waals surface area contributed by atoms with Gasteiger partial charge in [-0.2, -0.15) is 0 Å². The second-order valence-corrected chi connectivity index (χ2v) is 2.11. The lowest BCUT2D eigenvalue weighted by atomic mass is 10.2. The highest BCUT2D eigenvalue weighted by Crippen LogP contribution is 1.98. The van der Waals surface area contributed by atoms with Gasteiger partial charge in [0.05, 0.1) is 0 Å². The first-order valence-corrected chi connectivity index (χ1v) is 3.63. The molecule has 1 heteroatoms. The van der Waals surface area contributed by atoms with Gasteiger partial charge in [-0.25, -0.2) is 0 Å². The summed E-state index contributed by atoms with van der Waals surface area (Å²) in [5, 5.41) is 0. The van der Waals surface area contributed by atoms with Crippen molar-refractivity contribution in [1.29, 1.82) is 0 Å². The van der Waals surface area contributed by atoms with Crippen molar-refractivity contribution in [3.8, 4) is 0 Å². The molecular weight excluding hydrogens is 124 g/mol. The molecule has 56 valence electrons. The number of carbonyl (C=O) groups excluding carboxylic acids is 1. The third kappa shape index (κ3) is 7.15. The quantitative estimate of drug-likeness (QED) is 0.313. The summed E-state index contributed by atoms with van der Waals surface area (Å²) in [5.74, 6) is 0. The number of aldehydes is 1. The van der Waals surface area contributed by atoms with Gasteiger partial charge < -0.3 is 4.79 Å². The van der Waals surface area contributed by atoms with E-state index < -0.39 is 0 Å². The van der Waals surface area contributed by atoms with Crippen LogP contribution in [0.5, 0.6) is 0 Å². The molecule has 0 aromatic carbocycles. The molecule has 0 aliphatic heterocycles. The van der Waals surface area contributed by atoms with Crippen molar-refractivity contribution in [3.05, 3.63) is 24.8 Å². The van der Waals surface area contributed by atoms with E-state index in [0.29, 0.717) is 6.42 Å². The van der Waals surface area contributed by atoms with E-state index in [2.05, 4.69) is 12.7 Å². The molecule has 1 nitrogen and oxygen atoms in total. The zero-order valence-corrected chi connectivity index (χ0v) is 6.25. The van der Waals surface area contributed by atoms with E-state index in [1.54, 1.807) is 6.08 Å². The van der Waals surface area contributed by atoms with E-state index >= 15 is 0 Å². The molecule has 0 rings (SSSR count). The summed E-state index contributed by atoms with van der Waals surface area (Å²) in [6, 6.07) is 0. The van der Waals surface area contributed by atoms with E-state index in [4.69, 9.17) is 0 Å². The minimum atomic E-state index is 0.696. The van der Waals surface area contributed by atoms with Crippen LogP contribution < -0.4 is 0 Å². The highest BCUT2D eigenvalue weighted by molar-refractivity contribution is 5.48. The zero-order chi connectivity index (χ0) is 7.66. The monoisotopic (exact) mass is 138 g/mol. The lowest BCUT2D eigenvalue weighted by Gasteiger charge is -1.88. The Morgan fingerprint density at radius 1 is 1.20 bits per heavy atom. The Hall–Kier alpha value is -0.850. The van der Waals surface area contributed by atoms with Gasteiger partial charge in [-0.15, -0.1) is 0 Å². The summed E-state index contributed by atoms with van der Waals surface area (Å²) in [6.45, 7) is 3.55. The predicted molar refractivity (Wildman–Crippen MR) is 43.9 cm³/mol. The van der Waals surface area contributed by atoms with Crippen LogP contribution in [-0.4, -0.2) is 6.29 Å². The molecule has 0 saturated carbocycles. The largest absolute Gasteiger partial charge is 0.303 e. The van der Waals surface area contributed by atoms with Crippen molar-refractivity contribution in [2.24, 2.45) is 0 Å². The maximum Gasteiger partial charge on any atom is 0.119 e. The first-order valence-electron chi connectivity index (χ1n) is 3.63. The third-order valence-corrected chi connectivity index (χ3v) is 1.21. The lowest BCUT2D eigenvalue weighted by molar-refractivity contribution is -0.107. The van der Waals surface area contributed by atoms with E-state index in [-0.39, 0.29) is 0 Å². The molecule has 0 aliphatic rings. The van der Waals surface area contributed by atoms with Gasteiger partial charge in [-0.3, -0.25) is 0 Å². The van der Waals surface area contributed by atoms with Gasteiger partial charge in [0.15, 0.2) is 0 Å². The van der Waals surface area contributed by atoms with Crippen LogP contribution in [0.15, 0.2) is 24.8 Å². The van der Waals surface area contributed by atoms with Crippen LogP contribution in [-0.2, 0) is 4.79 Å². The summed E-state index contributed by atoms with van der Waals surface area (Å²) in [7, 11) is 0. The van der Waals surface area contributed by atoms with E-state index in [0.717, 1.165) is 25.5 Å². The van der Waals surface area contributed by atoms with E-state index in [1.807, 2.05) is 6.08 Å². The van der Waals surface area contributed by atoms with Crippen LogP contribution in [0.1, 0.15) is 25.7 Å². The molecule has 0 bridgehead atoms. The van der Waals surface area contributed by atoms with Crippen LogP contribution in [0.25, 0.3) is 0 Å². The fraction of sp³-hybridized carbons (Fsp3) is 0.444. The summed E-state index contributed by atoms with van der Waals surface area (Å²) in [5.41, 5.74) is 0. The Morgan fingerprint density at radius 2 is 1.90 bits per heavy atom. The predicted octanol–water partition coefficient (Wildman–Crippen LogP) is 2.49. The van der Waals surface area contributed by atoms with Crippen molar-refractivity contribution in [3.63, 3.8) is 0 Å². The van der Waals surface area contributed by atoms with Gasteiger partial charge in [0.1, 0.15) is 6.29 Å². The summed E-state index contributed by atoms with van der Waals surface area (Å²) in [6.07, 6.45) is 10.6. The maximum atomic E-state index is 9.86. The molecule has 0 spiro atoms. The Labute approximate surface area is 62.4 Å². The second-order valence-electron chi connectivity index (χ2n) is 2.11. The van der Waals surface area contributed by atoms with Gasteiger partial charge >= 0.3 is 0 Å². The van der Waals surface area contributed by atoms with Crippen LogP contribution >= 0.6 is 0 Å². The van der Waals surface area contributed by atoms with Crippen molar-refractivity contribution in [2.45, 2.75) is 25.7 Å². The standard InChI is InChI=1S/C9H14O/c1-2-3-4-5-6-7-8-9-10/h2-4,9H,1,5-8H2. The SMILES string of the molecule is C=CC=CCCCCC=O. The lowest BCUT2D eigenvalue weighted by Crippen LogP contribution is -1.75. The van der Waals surface area contributed by atoms with Gasteiger partial charge in [0.25, 0.3) is 0 Å². The maximum absolute atomic E-state index is 9.86. The average molecular weight is 138 g/mol. The minimum absolute atomic E-state index is 0.696. The average Bonchev–Trinajstić information content (AvgIpc) is 1.97. The number of unbranched alkanes of at least 4 members (excludes halogenated alkanes) is 3. The molecule has 0 amide bonds. The Morgan fingerprint density at radius 3 is 2.50 bits per heavy atom. The molecule has 0 unspecified atom stereocenters. The molecule has 0 heterocycles. The molecule has 0 radical (unpaired) electrons. The fourth-order valence-corrected chi connectivity index (χ4v) is 0.682. The number of carbonyl (C=O) groups is 1. The Balaban J connectivity index is 2.96. The number of rotatable bonds is 6. The Kier molecular flexibility index (Phi) is 7.46. The van der Waals surface area contributed by atoms with Gasteiger partial charge in [0.2, 0.25) is 0 Å². The van der Waals surface area contributed by atoms with Crippen LogP contribution in [0.3, 0.4) is 0 Å². The van der Waals surface area contributed by atoms with E-state index in [9.17, 15) is 4.79 Å². The zero-order valence-electron chi connectivity index (χ0n) is 6.25. The first kappa shape index (κ1) is 9.15. The number of allylic oxidation sites excluding steroid dienone is 3. The van der Waals surface area contributed by atoms with Crippen LogP contribution in [0.4, 0.5) is 0 Å². The molecule has 0 saturated heterocycles. The van der Waals surface area contributed by atoms with Crippen molar-refractivity contribution < 1.29 is 4.79 Å². The minimum Gasteiger partial charge on any atom is -0.303 e. The normalized spacial score (nSPS) is 10.0. The summed E-state index contributed by atoms with van der Waals surface area (Å²) in [4.78, 5) is 9.86. The molecule has 0 aliphatic carbocycles. The fourth-order valence-electron chi connectivity index (χ4n) is 0.682. The molecule has 0 aromatic rings. The highest BCUT2D eigenvalue weighted by Gasteiger charge is 1.82. The molecular formula is C9H14O. The Bertz CT molecular complexity index is 114. The van der Waals surface area contributed by atoms with Gasteiger partial charge in [0, 0.05) is 6.42 Å². The molecule has 0 aromatic heterocycles. The van der Waals surface area contributed by atoms with Crippen molar-refractivity contribution in [1.82, 2.24) is 0 Å². The highest BCUT2D eigenvalue weighted by atomic mass is 16.1. The second kappa shape index (κ2) is 8.15. The number of hydrogen-bond acceptors (Lipinski definition) is 1. The molecule has 0 N–H and O–H groups in total. The van der Waals surface area contributed by atoms with Crippen LogP contribution in [0, 0.1) is 0 Å². The number of hydrogen-bond donors (Lipinski definition) is 0. The third-order valence-electron chi connectivity index (χ3n) is 1.21. The van der Waals surface area contributed by atoms with Crippen molar-refractivity contribution in [2.75, 3.05) is 0 Å². The van der Waals surface area contributed by atoms with Gasteiger partial charge in [-0.05, 0) is 19.3 Å². The molecule has 0 atom stereocenters. The first-order chi connectivity index (χ1) is 4.91. The topological polar surface area (TPSA) is 17.1 Å². The van der Waals surface area contributed by atoms with Gasteiger partial charge in [-0.1, -0.05) is 24.8 Å².